The Bertz CT molecular complexity index is 811. The summed E-state index contributed by atoms with van der Waals surface area (Å²) in [5.41, 5.74) is -0.630. The highest BCUT2D eigenvalue weighted by Crippen LogP contribution is 2.26. The first kappa shape index (κ1) is 15.4. The monoisotopic (exact) mass is 374 g/mol. The second-order valence-corrected chi connectivity index (χ2v) is 6.49. The molecular weight excluding hydrogens is 367 g/mol. The van der Waals surface area contributed by atoms with Gasteiger partial charge in [-0.05, 0) is 40.2 Å². The number of nitro benzene ring substituents is 1. The second-order valence-electron chi connectivity index (χ2n) is 3.96. The summed E-state index contributed by atoms with van der Waals surface area (Å²) in [6.45, 7) is 0. The molecule has 0 aliphatic heterocycles. The molecule has 0 bridgehead atoms. The number of rotatable bonds is 4. The van der Waals surface area contributed by atoms with Crippen LogP contribution in [0, 0.1) is 15.9 Å². The summed E-state index contributed by atoms with van der Waals surface area (Å²) in [7, 11) is -4.06. The topological polar surface area (TPSA) is 89.3 Å². The van der Waals surface area contributed by atoms with Gasteiger partial charge in [0, 0.05) is 10.5 Å². The van der Waals surface area contributed by atoms with Gasteiger partial charge in [-0.25, -0.2) is 8.42 Å². The maximum Gasteiger partial charge on any atom is 0.306 e. The van der Waals surface area contributed by atoms with Crippen LogP contribution in [-0.2, 0) is 10.0 Å². The number of nitro groups is 1. The molecule has 110 valence electrons. The number of sulfonamides is 1. The quantitative estimate of drug-likeness (QED) is 0.656. The van der Waals surface area contributed by atoms with Crippen LogP contribution in [0.5, 0.6) is 0 Å². The molecule has 0 radical (unpaired) electrons. The van der Waals surface area contributed by atoms with Crippen molar-refractivity contribution >= 4 is 37.3 Å². The molecule has 21 heavy (non-hydrogen) atoms. The Morgan fingerprint density at radius 1 is 1.19 bits per heavy atom. The van der Waals surface area contributed by atoms with Crippen LogP contribution in [0.1, 0.15) is 0 Å². The van der Waals surface area contributed by atoms with Crippen LogP contribution in [0.25, 0.3) is 0 Å². The van der Waals surface area contributed by atoms with Crippen molar-refractivity contribution in [1.29, 1.82) is 0 Å². The lowest BCUT2D eigenvalue weighted by atomic mass is 10.3. The number of benzene rings is 2. The normalized spacial score (nSPS) is 11.1. The highest BCUT2D eigenvalue weighted by atomic mass is 79.9. The van der Waals surface area contributed by atoms with Crippen molar-refractivity contribution in [1.82, 2.24) is 0 Å². The predicted octanol–water partition coefficient (Wildman–Crippen LogP) is 3.30. The molecule has 2 aromatic rings. The van der Waals surface area contributed by atoms with E-state index in [4.69, 9.17) is 0 Å². The van der Waals surface area contributed by atoms with E-state index in [0.717, 1.165) is 12.1 Å². The Kier molecular flexibility index (Phi) is 4.24. The minimum absolute atomic E-state index is 0.268. The molecule has 0 heterocycles. The highest BCUT2D eigenvalue weighted by Gasteiger charge is 2.22. The van der Waals surface area contributed by atoms with Crippen molar-refractivity contribution in [2.75, 3.05) is 4.72 Å². The molecule has 0 aromatic heterocycles. The van der Waals surface area contributed by atoms with Crippen LogP contribution < -0.4 is 4.72 Å². The Hall–Kier alpha value is -2.00. The molecule has 2 rings (SSSR count). The fraction of sp³-hybridized carbons (Fsp3) is 0. The number of halogens is 2. The average molecular weight is 375 g/mol. The summed E-state index contributed by atoms with van der Waals surface area (Å²) in [6.07, 6.45) is 0. The molecule has 9 heteroatoms. The van der Waals surface area contributed by atoms with Gasteiger partial charge in [0.25, 0.3) is 10.0 Å². The molecule has 0 aliphatic carbocycles. The summed E-state index contributed by atoms with van der Waals surface area (Å²) in [4.78, 5) is 9.28. The second kappa shape index (κ2) is 5.78. The Morgan fingerprint density at radius 3 is 2.48 bits per heavy atom. The molecule has 0 aliphatic rings. The first-order valence-electron chi connectivity index (χ1n) is 5.52. The number of anilines is 1. The summed E-state index contributed by atoms with van der Waals surface area (Å²) in [5.74, 6) is -1.10. The predicted molar refractivity (Wildman–Crippen MR) is 78.0 cm³/mol. The molecule has 0 saturated carbocycles. The number of nitrogens with one attached hydrogen (secondary N) is 1. The zero-order valence-electron chi connectivity index (χ0n) is 10.3. The molecular formula is C12H8BrFN2O4S. The first-order chi connectivity index (χ1) is 9.81. The molecule has 2 aromatic carbocycles. The van der Waals surface area contributed by atoms with Crippen molar-refractivity contribution in [2.45, 2.75) is 4.90 Å². The van der Waals surface area contributed by atoms with Gasteiger partial charge in [0.1, 0.15) is 0 Å². The van der Waals surface area contributed by atoms with E-state index in [0.29, 0.717) is 10.5 Å². The van der Waals surface area contributed by atoms with Gasteiger partial charge in [-0.15, -0.1) is 0 Å². The molecule has 0 atom stereocenters. The number of para-hydroxylation sites is 1. The third-order valence-corrected chi connectivity index (χ3v) is 4.60. The van der Waals surface area contributed by atoms with Crippen molar-refractivity contribution in [3.8, 4) is 0 Å². The van der Waals surface area contributed by atoms with E-state index in [1.165, 1.54) is 6.07 Å². The van der Waals surface area contributed by atoms with Gasteiger partial charge in [-0.1, -0.05) is 12.1 Å². The zero-order valence-corrected chi connectivity index (χ0v) is 12.7. The van der Waals surface area contributed by atoms with Gasteiger partial charge < -0.3 is 0 Å². The minimum atomic E-state index is -4.06. The average Bonchev–Trinajstić information content (AvgIpc) is 2.41. The number of hydrogen-bond acceptors (Lipinski definition) is 4. The summed E-state index contributed by atoms with van der Waals surface area (Å²) < 4.78 is 40.3. The van der Waals surface area contributed by atoms with Gasteiger partial charge in [0.2, 0.25) is 5.82 Å². The molecule has 0 unspecified atom stereocenters. The van der Waals surface area contributed by atoms with Gasteiger partial charge in [-0.3, -0.25) is 14.8 Å². The third kappa shape index (κ3) is 3.37. The SMILES string of the molecule is O=[N+]([O-])c1cc(S(=O)(=O)Nc2ccccc2Br)ccc1F. The van der Waals surface area contributed by atoms with Crippen LogP contribution in [0.3, 0.4) is 0 Å². The molecule has 1 N–H and O–H groups in total. The van der Waals surface area contributed by atoms with Gasteiger partial charge in [-0.2, -0.15) is 4.39 Å². The van der Waals surface area contributed by atoms with E-state index in [-0.39, 0.29) is 5.69 Å². The maximum absolute atomic E-state index is 13.2. The molecule has 0 saturated heterocycles. The number of nitrogens with zero attached hydrogens (tertiary/aromatic N) is 1. The first-order valence-corrected chi connectivity index (χ1v) is 7.80. The molecule has 0 amide bonds. The zero-order chi connectivity index (χ0) is 15.6. The van der Waals surface area contributed by atoms with Crippen molar-refractivity contribution < 1.29 is 17.7 Å². The van der Waals surface area contributed by atoms with Crippen LogP contribution in [-0.4, -0.2) is 13.3 Å². The van der Waals surface area contributed by atoms with Gasteiger partial charge in [0.05, 0.1) is 15.5 Å². The van der Waals surface area contributed by atoms with Crippen LogP contribution in [0.4, 0.5) is 15.8 Å². The van der Waals surface area contributed by atoms with E-state index >= 15 is 0 Å². The van der Waals surface area contributed by atoms with Crippen molar-refractivity contribution in [3.63, 3.8) is 0 Å². The third-order valence-electron chi connectivity index (χ3n) is 2.54. The Labute approximate surface area is 127 Å². The van der Waals surface area contributed by atoms with E-state index in [1.54, 1.807) is 18.2 Å². The fourth-order valence-electron chi connectivity index (χ4n) is 1.55. The van der Waals surface area contributed by atoms with Crippen LogP contribution >= 0.6 is 15.9 Å². The summed E-state index contributed by atoms with van der Waals surface area (Å²) >= 11 is 3.18. The van der Waals surface area contributed by atoms with E-state index in [1.807, 2.05) is 0 Å². The Morgan fingerprint density at radius 2 is 1.86 bits per heavy atom. The minimum Gasteiger partial charge on any atom is -0.278 e. The van der Waals surface area contributed by atoms with E-state index in [2.05, 4.69) is 20.7 Å². The molecule has 0 spiro atoms. The fourth-order valence-corrected chi connectivity index (χ4v) is 3.16. The van der Waals surface area contributed by atoms with Crippen LogP contribution in [0.2, 0.25) is 0 Å². The van der Waals surface area contributed by atoms with Crippen LogP contribution in [0.15, 0.2) is 51.8 Å². The van der Waals surface area contributed by atoms with Gasteiger partial charge in [0.15, 0.2) is 0 Å². The number of hydrogen-bond donors (Lipinski definition) is 1. The largest absolute Gasteiger partial charge is 0.306 e. The lowest BCUT2D eigenvalue weighted by molar-refractivity contribution is -0.387. The smallest absolute Gasteiger partial charge is 0.278 e. The summed E-state index contributed by atoms with van der Waals surface area (Å²) in [6, 6.07) is 8.84. The Balaban J connectivity index is 2.43. The molecule has 0 fully saturated rings. The maximum atomic E-state index is 13.2. The lowest BCUT2D eigenvalue weighted by Gasteiger charge is -2.09. The van der Waals surface area contributed by atoms with Gasteiger partial charge >= 0.3 is 5.69 Å². The summed E-state index contributed by atoms with van der Waals surface area (Å²) in [5, 5.41) is 10.7. The van der Waals surface area contributed by atoms with Crippen molar-refractivity contribution in [2.24, 2.45) is 0 Å². The van der Waals surface area contributed by atoms with E-state index < -0.39 is 31.3 Å². The standard InChI is InChI=1S/C12H8BrFN2O4S/c13-9-3-1-2-4-11(9)15-21(19,20)8-5-6-10(14)12(7-8)16(17)18/h1-7,15H. The van der Waals surface area contributed by atoms with E-state index in [9.17, 15) is 22.9 Å². The highest BCUT2D eigenvalue weighted by molar-refractivity contribution is 9.10. The van der Waals surface area contributed by atoms with Crippen molar-refractivity contribution in [3.05, 3.63) is 62.9 Å². The molecule has 6 nitrogen and oxygen atoms in total. The lowest BCUT2D eigenvalue weighted by Crippen LogP contribution is -2.13.